The average Bonchev–Trinajstić information content (AvgIpc) is 3.24. The summed E-state index contributed by atoms with van der Waals surface area (Å²) in [7, 11) is 0. The molecular weight excluding hydrogens is 306 g/mol. The number of aromatic amines is 1. The third-order valence-electron chi connectivity index (χ3n) is 5.21. The number of H-pyrrole nitrogens is 1. The minimum atomic E-state index is -0.273. The highest BCUT2D eigenvalue weighted by Crippen LogP contribution is 2.42. The lowest BCUT2D eigenvalue weighted by molar-refractivity contribution is -0.120. The van der Waals surface area contributed by atoms with E-state index in [1.165, 1.54) is 0 Å². The van der Waals surface area contributed by atoms with Crippen molar-refractivity contribution < 1.29 is 9.59 Å². The molecule has 0 saturated carbocycles. The molecule has 2 N–H and O–H groups in total. The van der Waals surface area contributed by atoms with E-state index < -0.39 is 0 Å². The van der Waals surface area contributed by atoms with Gasteiger partial charge in [0.15, 0.2) is 0 Å². The van der Waals surface area contributed by atoms with Crippen molar-refractivity contribution in [2.75, 3.05) is 13.1 Å². The summed E-state index contributed by atoms with van der Waals surface area (Å²) in [4.78, 5) is 30.5. The van der Waals surface area contributed by atoms with Gasteiger partial charge in [0.1, 0.15) is 5.69 Å². The molecule has 0 radical (unpaired) electrons. The van der Waals surface area contributed by atoms with E-state index in [4.69, 9.17) is 0 Å². The highest BCUT2D eigenvalue weighted by molar-refractivity contribution is 5.92. The van der Waals surface area contributed by atoms with Crippen LogP contribution in [0.4, 0.5) is 0 Å². The van der Waals surface area contributed by atoms with E-state index in [-0.39, 0.29) is 23.3 Å². The number of likely N-dealkylation sites (tertiary alicyclic amines) is 1. The van der Waals surface area contributed by atoms with Crippen molar-refractivity contribution in [1.82, 2.24) is 25.4 Å². The minimum Gasteiger partial charge on any atom is -0.350 e. The van der Waals surface area contributed by atoms with Crippen LogP contribution < -0.4 is 5.32 Å². The van der Waals surface area contributed by atoms with Crippen molar-refractivity contribution in [1.29, 1.82) is 0 Å². The molecule has 2 fully saturated rings. The van der Waals surface area contributed by atoms with Crippen LogP contribution in [0.2, 0.25) is 0 Å². The maximum Gasteiger partial charge on any atom is 0.271 e. The molecule has 0 bridgehead atoms. The van der Waals surface area contributed by atoms with Gasteiger partial charge in [0, 0.05) is 44.0 Å². The van der Waals surface area contributed by atoms with Crippen LogP contribution >= 0.6 is 0 Å². The van der Waals surface area contributed by atoms with Gasteiger partial charge >= 0.3 is 0 Å². The number of carbonyl (C=O) groups is 2. The number of piperidine rings is 1. The average molecular weight is 325 g/mol. The number of nitrogens with zero attached hydrogens (tertiary/aromatic N) is 3. The van der Waals surface area contributed by atoms with E-state index >= 15 is 0 Å². The van der Waals surface area contributed by atoms with Crippen LogP contribution in [0.1, 0.15) is 41.2 Å². The van der Waals surface area contributed by atoms with Gasteiger partial charge < -0.3 is 10.2 Å². The van der Waals surface area contributed by atoms with Gasteiger partial charge in [-0.15, -0.1) is 0 Å². The quantitative estimate of drug-likeness (QED) is 0.864. The molecule has 2 aliphatic rings. The number of rotatable bonds is 2. The number of carbonyl (C=O) groups excluding carboxylic acids is 2. The Morgan fingerprint density at radius 2 is 2.08 bits per heavy atom. The van der Waals surface area contributed by atoms with Gasteiger partial charge in [-0.2, -0.15) is 5.10 Å². The molecule has 4 rings (SSSR count). The third-order valence-corrected chi connectivity index (χ3v) is 5.21. The second kappa shape index (κ2) is 5.74. The molecule has 2 aliphatic heterocycles. The summed E-state index contributed by atoms with van der Waals surface area (Å²) >= 11 is 0. The SMILES string of the molecule is O=C1CC(c2cccnc2)C2(CCN(C(=O)c3ccn[nH]3)CC2)N1. The predicted octanol–water partition coefficient (Wildman–Crippen LogP) is 1.08. The molecule has 4 heterocycles. The van der Waals surface area contributed by atoms with E-state index in [1.54, 1.807) is 18.5 Å². The van der Waals surface area contributed by atoms with E-state index in [9.17, 15) is 9.59 Å². The summed E-state index contributed by atoms with van der Waals surface area (Å²) in [6.07, 6.45) is 7.14. The summed E-state index contributed by atoms with van der Waals surface area (Å²) in [6.45, 7) is 1.24. The molecule has 2 aromatic heterocycles. The molecule has 1 spiro atoms. The van der Waals surface area contributed by atoms with Crippen LogP contribution in [0.5, 0.6) is 0 Å². The molecule has 1 atom stereocenters. The number of hydrogen-bond donors (Lipinski definition) is 2. The fourth-order valence-electron chi connectivity index (χ4n) is 3.94. The number of hydrogen-bond acceptors (Lipinski definition) is 4. The Morgan fingerprint density at radius 3 is 2.75 bits per heavy atom. The zero-order chi connectivity index (χ0) is 16.6. The predicted molar refractivity (Wildman–Crippen MR) is 86.2 cm³/mol. The van der Waals surface area contributed by atoms with Crippen molar-refractivity contribution in [2.24, 2.45) is 0 Å². The molecule has 7 heteroatoms. The Kier molecular flexibility index (Phi) is 3.55. The summed E-state index contributed by atoms with van der Waals surface area (Å²) in [6, 6.07) is 5.62. The zero-order valence-corrected chi connectivity index (χ0v) is 13.2. The van der Waals surface area contributed by atoms with E-state index in [0.717, 1.165) is 18.4 Å². The smallest absolute Gasteiger partial charge is 0.271 e. The van der Waals surface area contributed by atoms with E-state index in [0.29, 0.717) is 25.2 Å². The van der Waals surface area contributed by atoms with Crippen molar-refractivity contribution in [3.8, 4) is 0 Å². The van der Waals surface area contributed by atoms with Gasteiger partial charge in [-0.05, 0) is 30.5 Å². The molecule has 1 unspecified atom stereocenters. The molecule has 7 nitrogen and oxygen atoms in total. The summed E-state index contributed by atoms with van der Waals surface area (Å²) < 4.78 is 0. The van der Waals surface area contributed by atoms with Crippen molar-refractivity contribution in [3.05, 3.63) is 48.0 Å². The number of amides is 2. The van der Waals surface area contributed by atoms with Crippen molar-refractivity contribution in [3.63, 3.8) is 0 Å². The molecule has 124 valence electrons. The minimum absolute atomic E-state index is 0.0374. The molecule has 0 aromatic carbocycles. The molecule has 2 aromatic rings. The third kappa shape index (κ3) is 2.46. The second-order valence-corrected chi connectivity index (χ2v) is 6.51. The fraction of sp³-hybridized carbons (Fsp3) is 0.412. The first-order valence-corrected chi connectivity index (χ1v) is 8.17. The molecule has 0 aliphatic carbocycles. The standard InChI is InChI=1S/C17H19N5O2/c23-15-10-13(12-2-1-6-18-11-12)17(20-15)4-8-22(9-5-17)16(24)14-3-7-19-21-14/h1-3,6-7,11,13H,4-5,8-10H2,(H,19,21)(H,20,23). The van der Waals surface area contributed by atoms with Crippen LogP contribution in [0.15, 0.2) is 36.8 Å². The van der Waals surface area contributed by atoms with Crippen LogP contribution in [-0.2, 0) is 4.79 Å². The number of pyridine rings is 1. The van der Waals surface area contributed by atoms with Crippen molar-refractivity contribution >= 4 is 11.8 Å². The fourth-order valence-corrected chi connectivity index (χ4v) is 3.94. The number of aromatic nitrogens is 3. The molecule has 24 heavy (non-hydrogen) atoms. The van der Waals surface area contributed by atoms with Gasteiger partial charge in [-0.3, -0.25) is 19.7 Å². The maximum absolute atomic E-state index is 12.4. The van der Waals surface area contributed by atoms with Crippen LogP contribution in [-0.4, -0.2) is 50.5 Å². The monoisotopic (exact) mass is 325 g/mol. The molecule has 2 saturated heterocycles. The lowest BCUT2D eigenvalue weighted by Crippen LogP contribution is -2.54. The summed E-state index contributed by atoms with van der Waals surface area (Å²) in [5, 5.41) is 9.74. The first kappa shape index (κ1) is 14.9. The summed E-state index contributed by atoms with van der Waals surface area (Å²) in [5.74, 6) is 0.157. The van der Waals surface area contributed by atoms with Gasteiger partial charge in [-0.1, -0.05) is 6.07 Å². The van der Waals surface area contributed by atoms with Gasteiger partial charge in [-0.25, -0.2) is 0 Å². The molecule has 2 amide bonds. The van der Waals surface area contributed by atoms with Crippen molar-refractivity contribution in [2.45, 2.75) is 30.7 Å². The Balaban J connectivity index is 1.52. The Hall–Kier alpha value is -2.70. The normalized spacial score (nSPS) is 22.6. The zero-order valence-electron chi connectivity index (χ0n) is 13.2. The number of nitrogens with one attached hydrogen (secondary N) is 2. The van der Waals surface area contributed by atoms with Crippen LogP contribution in [0.25, 0.3) is 0 Å². The van der Waals surface area contributed by atoms with E-state index in [1.807, 2.05) is 23.2 Å². The second-order valence-electron chi connectivity index (χ2n) is 6.51. The first-order valence-electron chi connectivity index (χ1n) is 8.17. The van der Waals surface area contributed by atoms with Crippen LogP contribution in [0, 0.1) is 0 Å². The Labute approximate surface area is 139 Å². The highest BCUT2D eigenvalue weighted by Gasteiger charge is 2.49. The summed E-state index contributed by atoms with van der Waals surface area (Å²) in [5.41, 5.74) is 1.32. The van der Waals surface area contributed by atoms with Gasteiger partial charge in [0.25, 0.3) is 5.91 Å². The van der Waals surface area contributed by atoms with Gasteiger partial charge in [0.2, 0.25) is 5.91 Å². The first-order chi connectivity index (χ1) is 11.7. The topological polar surface area (TPSA) is 91.0 Å². The lowest BCUT2D eigenvalue weighted by atomic mass is 9.74. The van der Waals surface area contributed by atoms with Crippen LogP contribution in [0.3, 0.4) is 0 Å². The highest BCUT2D eigenvalue weighted by atomic mass is 16.2. The largest absolute Gasteiger partial charge is 0.350 e. The Morgan fingerprint density at radius 1 is 1.25 bits per heavy atom. The molecular formula is C17H19N5O2. The van der Waals surface area contributed by atoms with E-state index in [2.05, 4.69) is 20.5 Å². The maximum atomic E-state index is 12.4. The van der Waals surface area contributed by atoms with Gasteiger partial charge in [0.05, 0.1) is 5.54 Å². The Bertz CT molecular complexity index is 736. The lowest BCUT2D eigenvalue weighted by Gasteiger charge is -2.42.